The third-order valence-corrected chi connectivity index (χ3v) is 4.34. The molecular weight excluding hydrogens is 346 g/mol. The molecule has 0 radical (unpaired) electrons. The zero-order valence-electron chi connectivity index (χ0n) is 14.1. The van der Waals surface area contributed by atoms with Crippen LogP contribution >= 0.6 is 11.6 Å². The van der Waals surface area contributed by atoms with Gasteiger partial charge in [-0.25, -0.2) is 4.79 Å². The van der Waals surface area contributed by atoms with E-state index in [-0.39, 0.29) is 18.1 Å². The SMILES string of the molecule is NC(c1ccccc1)C(NC(=O)Nc1ccc(Cl)cc1)c1ccccc1. The van der Waals surface area contributed by atoms with Gasteiger partial charge in [-0.2, -0.15) is 0 Å². The van der Waals surface area contributed by atoms with Crippen LogP contribution in [0.1, 0.15) is 23.2 Å². The number of carbonyl (C=O) groups is 1. The number of halogens is 1. The van der Waals surface area contributed by atoms with Gasteiger partial charge >= 0.3 is 6.03 Å². The number of amides is 2. The Hall–Kier alpha value is -2.82. The fourth-order valence-corrected chi connectivity index (χ4v) is 2.88. The maximum absolute atomic E-state index is 12.5. The van der Waals surface area contributed by atoms with E-state index in [1.165, 1.54) is 0 Å². The molecule has 2 unspecified atom stereocenters. The average molecular weight is 366 g/mol. The van der Waals surface area contributed by atoms with Crippen LogP contribution in [0.2, 0.25) is 5.02 Å². The maximum atomic E-state index is 12.5. The Labute approximate surface area is 158 Å². The summed E-state index contributed by atoms with van der Waals surface area (Å²) in [4.78, 5) is 12.5. The molecule has 2 amide bonds. The van der Waals surface area contributed by atoms with Crippen LogP contribution in [0.5, 0.6) is 0 Å². The van der Waals surface area contributed by atoms with E-state index >= 15 is 0 Å². The molecule has 0 bridgehead atoms. The lowest BCUT2D eigenvalue weighted by Gasteiger charge is -2.26. The van der Waals surface area contributed by atoms with Gasteiger partial charge in [0.15, 0.2) is 0 Å². The van der Waals surface area contributed by atoms with Crippen LogP contribution in [-0.2, 0) is 0 Å². The number of carbonyl (C=O) groups excluding carboxylic acids is 1. The van der Waals surface area contributed by atoms with Crippen LogP contribution in [-0.4, -0.2) is 6.03 Å². The Morgan fingerprint density at radius 2 is 1.35 bits per heavy atom. The van der Waals surface area contributed by atoms with Crippen molar-refractivity contribution in [1.82, 2.24) is 5.32 Å². The minimum atomic E-state index is -0.380. The Balaban J connectivity index is 1.79. The van der Waals surface area contributed by atoms with Gasteiger partial charge in [-0.1, -0.05) is 72.3 Å². The van der Waals surface area contributed by atoms with Gasteiger partial charge in [0.25, 0.3) is 0 Å². The first kappa shape index (κ1) is 18.0. The highest BCUT2D eigenvalue weighted by molar-refractivity contribution is 6.30. The van der Waals surface area contributed by atoms with Crippen LogP contribution in [0, 0.1) is 0 Å². The van der Waals surface area contributed by atoms with Crippen LogP contribution < -0.4 is 16.4 Å². The number of rotatable bonds is 5. The molecule has 0 aliphatic heterocycles. The van der Waals surface area contributed by atoms with Gasteiger partial charge in [0.1, 0.15) is 0 Å². The lowest BCUT2D eigenvalue weighted by molar-refractivity contribution is 0.246. The minimum absolute atomic E-state index is 0.326. The van der Waals surface area contributed by atoms with E-state index in [4.69, 9.17) is 17.3 Å². The second kappa shape index (κ2) is 8.52. The van der Waals surface area contributed by atoms with Crippen molar-refractivity contribution in [1.29, 1.82) is 0 Å². The summed E-state index contributed by atoms with van der Waals surface area (Å²) in [5.74, 6) is 0. The van der Waals surface area contributed by atoms with E-state index in [0.717, 1.165) is 11.1 Å². The lowest BCUT2D eigenvalue weighted by atomic mass is 9.94. The number of nitrogens with two attached hydrogens (primary N) is 1. The molecule has 0 aromatic heterocycles. The molecule has 0 spiro atoms. The normalized spacial score (nSPS) is 12.8. The van der Waals surface area contributed by atoms with E-state index < -0.39 is 0 Å². The second-order valence-corrected chi connectivity index (χ2v) is 6.37. The first-order valence-corrected chi connectivity index (χ1v) is 8.70. The molecule has 26 heavy (non-hydrogen) atoms. The van der Waals surface area contributed by atoms with Crippen molar-refractivity contribution in [3.05, 3.63) is 101 Å². The Morgan fingerprint density at radius 3 is 1.92 bits per heavy atom. The molecule has 0 saturated heterocycles. The quantitative estimate of drug-likeness (QED) is 0.601. The van der Waals surface area contributed by atoms with Gasteiger partial charge < -0.3 is 16.4 Å². The fourth-order valence-electron chi connectivity index (χ4n) is 2.75. The number of hydrogen-bond acceptors (Lipinski definition) is 2. The van der Waals surface area contributed by atoms with Crippen molar-refractivity contribution >= 4 is 23.3 Å². The van der Waals surface area contributed by atoms with Crippen molar-refractivity contribution in [3.8, 4) is 0 Å². The number of urea groups is 1. The highest BCUT2D eigenvalue weighted by Gasteiger charge is 2.23. The standard InChI is InChI=1S/C21H20ClN3O/c22-17-11-13-18(14-12-17)24-21(26)25-20(16-9-5-2-6-10-16)19(23)15-7-3-1-4-8-15/h1-14,19-20H,23H2,(H2,24,25,26). The molecule has 3 rings (SSSR count). The molecule has 5 heteroatoms. The van der Waals surface area contributed by atoms with Gasteiger partial charge in [-0.05, 0) is 35.4 Å². The van der Waals surface area contributed by atoms with Crippen LogP contribution in [0.3, 0.4) is 0 Å². The van der Waals surface area contributed by atoms with Crippen molar-refractivity contribution in [2.75, 3.05) is 5.32 Å². The zero-order valence-corrected chi connectivity index (χ0v) is 14.9. The summed E-state index contributed by atoms with van der Waals surface area (Å²) in [7, 11) is 0. The number of anilines is 1. The van der Waals surface area contributed by atoms with E-state index in [1.807, 2.05) is 60.7 Å². The number of nitrogens with one attached hydrogen (secondary N) is 2. The van der Waals surface area contributed by atoms with Crippen molar-refractivity contribution < 1.29 is 4.79 Å². The Bertz CT molecular complexity index is 838. The predicted octanol–water partition coefficient (Wildman–Crippen LogP) is 4.90. The summed E-state index contributed by atoms with van der Waals surface area (Å²) in [6.45, 7) is 0. The number of hydrogen-bond donors (Lipinski definition) is 3. The van der Waals surface area contributed by atoms with Crippen molar-refractivity contribution in [2.45, 2.75) is 12.1 Å². The molecule has 4 nitrogen and oxygen atoms in total. The average Bonchev–Trinajstić information content (AvgIpc) is 2.69. The summed E-state index contributed by atoms with van der Waals surface area (Å²) >= 11 is 5.88. The molecule has 4 N–H and O–H groups in total. The lowest BCUT2D eigenvalue weighted by Crippen LogP contribution is -2.38. The largest absolute Gasteiger partial charge is 0.329 e. The summed E-state index contributed by atoms with van der Waals surface area (Å²) in [6, 6.07) is 25.3. The van der Waals surface area contributed by atoms with Crippen LogP contribution in [0.15, 0.2) is 84.9 Å². The third-order valence-electron chi connectivity index (χ3n) is 4.09. The second-order valence-electron chi connectivity index (χ2n) is 5.93. The van der Waals surface area contributed by atoms with Crippen molar-refractivity contribution in [2.24, 2.45) is 5.73 Å². The molecule has 3 aromatic rings. The van der Waals surface area contributed by atoms with Gasteiger partial charge in [0, 0.05) is 10.7 Å². The Kier molecular flexibility index (Phi) is 5.89. The van der Waals surface area contributed by atoms with Gasteiger partial charge in [0.05, 0.1) is 12.1 Å². The summed E-state index contributed by atoms with van der Waals surface area (Å²) in [5, 5.41) is 6.41. The molecule has 0 fully saturated rings. The predicted molar refractivity (Wildman–Crippen MR) is 106 cm³/mol. The molecule has 0 heterocycles. The summed E-state index contributed by atoms with van der Waals surface area (Å²) in [5.41, 5.74) is 9.02. The summed E-state index contributed by atoms with van der Waals surface area (Å²) < 4.78 is 0. The van der Waals surface area contributed by atoms with E-state index in [9.17, 15) is 4.79 Å². The first-order valence-electron chi connectivity index (χ1n) is 8.32. The van der Waals surface area contributed by atoms with E-state index in [1.54, 1.807) is 24.3 Å². The van der Waals surface area contributed by atoms with E-state index in [2.05, 4.69) is 10.6 Å². The summed E-state index contributed by atoms with van der Waals surface area (Å²) in [6.07, 6.45) is 0. The van der Waals surface area contributed by atoms with Gasteiger partial charge in [0.2, 0.25) is 0 Å². The number of benzene rings is 3. The molecule has 0 saturated carbocycles. The molecule has 0 aliphatic carbocycles. The molecular formula is C21H20ClN3O. The minimum Gasteiger partial charge on any atom is -0.329 e. The van der Waals surface area contributed by atoms with Gasteiger partial charge in [-0.3, -0.25) is 0 Å². The molecule has 3 aromatic carbocycles. The molecule has 0 aliphatic rings. The topological polar surface area (TPSA) is 67.1 Å². The van der Waals surface area contributed by atoms with Crippen molar-refractivity contribution in [3.63, 3.8) is 0 Å². The molecule has 132 valence electrons. The zero-order chi connectivity index (χ0) is 18.4. The smallest absolute Gasteiger partial charge is 0.319 e. The van der Waals surface area contributed by atoms with Gasteiger partial charge in [-0.15, -0.1) is 0 Å². The van der Waals surface area contributed by atoms with Crippen LogP contribution in [0.25, 0.3) is 0 Å². The fraction of sp³-hybridized carbons (Fsp3) is 0.0952. The maximum Gasteiger partial charge on any atom is 0.319 e. The third kappa shape index (κ3) is 4.63. The molecule has 2 atom stereocenters. The highest BCUT2D eigenvalue weighted by atomic mass is 35.5. The van der Waals surface area contributed by atoms with Crippen LogP contribution in [0.4, 0.5) is 10.5 Å². The first-order chi connectivity index (χ1) is 12.6. The van der Waals surface area contributed by atoms with E-state index in [0.29, 0.717) is 10.7 Å². The Morgan fingerprint density at radius 1 is 0.808 bits per heavy atom. The monoisotopic (exact) mass is 365 g/mol. The highest BCUT2D eigenvalue weighted by Crippen LogP contribution is 2.27.